The number of nitrogens with one attached hydrogen (secondary N) is 1. The van der Waals surface area contributed by atoms with Crippen LogP contribution < -0.4 is 5.32 Å². The van der Waals surface area contributed by atoms with Gasteiger partial charge in [0.2, 0.25) is 0 Å². The Labute approximate surface area is 112 Å². The average Bonchev–Trinajstić information content (AvgIpc) is 2.48. The number of benzene rings is 1. The molecule has 1 saturated carbocycles. The Morgan fingerprint density at radius 1 is 1.05 bits per heavy atom. The van der Waals surface area contributed by atoms with Crippen LogP contribution in [0.2, 0.25) is 0 Å². The molecule has 1 atom stereocenters. The van der Waals surface area contributed by atoms with Crippen molar-refractivity contribution in [2.24, 2.45) is 5.41 Å². The van der Waals surface area contributed by atoms with E-state index in [9.17, 15) is 13.2 Å². The number of rotatable bonds is 2. The summed E-state index contributed by atoms with van der Waals surface area (Å²) in [5.74, 6) is -3.69. The normalized spacial score (nSPS) is 22.9. The summed E-state index contributed by atoms with van der Waals surface area (Å²) in [6, 6.07) is 2.24. The van der Waals surface area contributed by atoms with Gasteiger partial charge in [-0.1, -0.05) is 20.3 Å². The molecule has 1 aromatic rings. The van der Waals surface area contributed by atoms with Gasteiger partial charge in [0, 0.05) is 23.9 Å². The highest BCUT2D eigenvalue weighted by atomic mass is 19.2. The molecule has 0 saturated heterocycles. The van der Waals surface area contributed by atoms with Crippen molar-refractivity contribution < 1.29 is 13.2 Å². The Morgan fingerprint density at radius 3 is 2.32 bits per heavy atom. The van der Waals surface area contributed by atoms with Gasteiger partial charge in [-0.3, -0.25) is 0 Å². The first-order valence-corrected chi connectivity index (χ1v) is 6.78. The molecule has 0 aliphatic heterocycles. The molecule has 106 valence electrons. The average molecular weight is 271 g/mol. The van der Waals surface area contributed by atoms with Crippen LogP contribution in [0.3, 0.4) is 0 Å². The van der Waals surface area contributed by atoms with E-state index in [1.807, 2.05) is 0 Å². The van der Waals surface area contributed by atoms with E-state index in [0.29, 0.717) is 11.1 Å². The zero-order valence-electron chi connectivity index (χ0n) is 11.4. The minimum atomic E-state index is -1.41. The molecular formula is C15H20F3N. The molecule has 0 radical (unpaired) electrons. The Morgan fingerprint density at radius 2 is 1.68 bits per heavy atom. The van der Waals surface area contributed by atoms with E-state index < -0.39 is 17.5 Å². The molecule has 1 aliphatic rings. The second-order valence-corrected chi connectivity index (χ2v) is 6.19. The van der Waals surface area contributed by atoms with Crippen LogP contribution >= 0.6 is 0 Å². The molecule has 1 N–H and O–H groups in total. The van der Waals surface area contributed by atoms with Crippen molar-refractivity contribution in [3.8, 4) is 0 Å². The molecule has 0 amide bonds. The van der Waals surface area contributed by atoms with E-state index in [0.717, 1.165) is 44.2 Å². The quantitative estimate of drug-likeness (QED) is 0.597. The topological polar surface area (TPSA) is 12.0 Å². The SMILES string of the molecule is CC1(C)CCCC(Nc2cc(F)c(F)c(F)c2)CC1. The Hall–Kier alpha value is -1.19. The molecule has 1 unspecified atom stereocenters. The molecule has 0 bridgehead atoms. The molecule has 2 rings (SSSR count). The lowest BCUT2D eigenvalue weighted by Gasteiger charge is -2.22. The fourth-order valence-electron chi connectivity index (χ4n) is 2.68. The zero-order valence-corrected chi connectivity index (χ0v) is 11.4. The highest BCUT2D eigenvalue weighted by Gasteiger charge is 2.24. The van der Waals surface area contributed by atoms with Crippen molar-refractivity contribution in [2.45, 2.75) is 52.0 Å². The fraction of sp³-hybridized carbons (Fsp3) is 0.600. The largest absolute Gasteiger partial charge is 0.382 e. The van der Waals surface area contributed by atoms with Crippen molar-refractivity contribution in [1.82, 2.24) is 0 Å². The number of halogens is 3. The molecule has 1 aromatic carbocycles. The van der Waals surface area contributed by atoms with Crippen molar-refractivity contribution in [1.29, 1.82) is 0 Å². The maximum atomic E-state index is 13.1. The minimum Gasteiger partial charge on any atom is -0.382 e. The number of hydrogen-bond acceptors (Lipinski definition) is 1. The minimum absolute atomic E-state index is 0.200. The molecule has 0 heterocycles. The van der Waals surface area contributed by atoms with E-state index in [-0.39, 0.29) is 6.04 Å². The second kappa shape index (κ2) is 5.43. The summed E-state index contributed by atoms with van der Waals surface area (Å²) < 4.78 is 39.2. The van der Waals surface area contributed by atoms with Gasteiger partial charge in [-0.25, -0.2) is 13.2 Å². The summed E-state index contributed by atoms with van der Waals surface area (Å²) in [5.41, 5.74) is 0.650. The van der Waals surface area contributed by atoms with Gasteiger partial charge in [0.05, 0.1) is 0 Å². The third-order valence-electron chi connectivity index (χ3n) is 3.93. The molecule has 1 nitrogen and oxygen atoms in total. The van der Waals surface area contributed by atoms with Crippen LogP contribution in [0.1, 0.15) is 46.0 Å². The third kappa shape index (κ3) is 3.64. The summed E-state index contributed by atoms with van der Waals surface area (Å²) in [6.45, 7) is 4.49. The third-order valence-corrected chi connectivity index (χ3v) is 3.93. The summed E-state index contributed by atoms with van der Waals surface area (Å²) >= 11 is 0. The summed E-state index contributed by atoms with van der Waals surface area (Å²) in [5, 5.41) is 3.12. The zero-order chi connectivity index (χ0) is 14.0. The van der Waals surface area contributed by atoms with Crippen molar-refractivity contribution in [2.75, 3.05) is 5.32 Å². The maximum absolute atomic E-state index is 13.1. The molecule has 1 aliphatic carbocycles. The smallest absolute Gasteiger partial charge is 0.194 e. The van der Waals surface area contributed by atoms with Crippen LogP contribution in [0.4, 0.5) is 18.9 Å². The first kappa shape index (κ1) is 14.2. The molecule has 0 aromatic heterocycles. The Bertz CT molecular complexity index is 434. The molecule has 0 spiro atoms. The number of anilines is 1. The monoisotopic (exact) mass is 271 g/mol. The van der Waals surface area contributed by atoms with E-state index in [1.54, 1.807) is 0 Å². The van der Waals surface area contributed by atoms with Gasteiger partial charge in [0.1, 0.15) is 0 Å². The molecule has 4 heteroatoms. The Kier molecular flexibility index (Phi) is 4.07. The van der Waals surface area contributed by atoms with Crippen molar-refractivity contribution in [3.05, 3.63) is 29.6 Å². The van der Waals surface area contributed by atoms with Crippen LogP contribution in [-0.2, 0) is 0 Å². The van der Waals surface area contributed by atoms with Gasteiger partial charge in [-0.05, 0) is 31.1 Å². The molecular weight excluding hydrogens is 251 g/mol. The van der Waals surface area contributed by atoms with Crippen molar-refractivity contribution >= 4 is 5.69 Å². The first-order chi connectivity index (χ1) is 8.87. The van der Waals surface area contributed by atoms with E-state index in [4.69, 9.17) is 0 Å². The summed E-state index contributed by atoms with van der Waals surface area (Å²) in [6.07, 6.45) is 5.28. The van der Waals surface area contributed by atoms with Crippen LogP contribution in [0.5, 0.6) is 0 Å². The molecule has 1 fully saturated rings. The van der Waals surface area contributed by atoms with Crippen LogP contribution in [0, 0.1) is 22.9 Å². The molecule has 19 heavy (non-hydrogen) atoms. The Balaban J connectivity index is 2.05. The highest BCUT2D eigenvalue weighted by molar-refractivity contribution is 5.45. The lowest BCUT2D eigenvalue weighted by atomic mass is 9.85. The predicted molar refractivity (Wildman–Crippen MR) is 70.6 cm³/mol. The van der Waals surface area contributed by atoms with Crippen LogP contribution in [-0.4, -0.2) is 6.04 Å². The summed E-state index contributed by atoms with van der Waals surface area (Å²) in [4.78, 5) is 0. The predicted octanol–water partition coefficient (Wildman–Crippen LogP) is 4.87. The highest BCUT2D eigenvalue weighted by Crippen LogP contribution is 2.34. The van der Waals surface area contributed by atoms with E-state index in [2.05, 4.69) is 19.2 Å². The summed E-state index contributed by atoms with van der Waals surface area (Å²) in [7, 11) is 0. The lowest BCUT2D eigenvalue weighted by Crippen LogP contribution is -2.19. The van der Waals surface area contributed by atoms with Crippen molar-refractivity contribution in [3.63, 3.8) is 0 Å². The number of hydrogen-bond donors (Lipinski definition) is 1. The van der Waals surface area contributed by atoms with E-state index in [1.165, 1.54) is 0 Å². The second-order valence-electron chi connectivity index (χ2n) is 6.19. The standard InChI is InChI=1S/C15H20F3N/c1-15(2)6-3-4-10(5-7-15)19-11-8-12(16)14(18)13(17)9-11/h8-10,19H,3-7H2,1-2H3. The lowest BCUT2D eigenvalue weighted by molar-refractivity contribution is 0.313. The van der Waals surface area contributed by atoms with Gasteiger partial charge >= 0.3 is 0 Å². The van der Waals surface area contributed by atoms with Gasteiger partial charge in [0.15, 0.2) is 17.5 Å². The van der Waals surface area contributed by atoms with Gasteiger partial charge in [-0.2, -0.15) is 0 Å². The first-order valence-electron chi connectivity index (χ1n) is 6.78. The van der Waals surface area contributed by atoms with Gasteiger partial charge in [-0.15, -0.1) is 0 Å². The van der Waals surface area contributed by atoms with Gasteiger partial charge < -0.3 is 5.32 Å². The fourth-order valence-corrected chi connectivity index (χ4v) is 2.68. The maximum Gasteiger partial charge on any atom is 0.194 e. The van der Waals surface area contributed by atoms with E-state index >= 15 is 0 Å². The van der Waals surface area contributed by atoms with Crippen LogP contribution in [0.25, 0.3) is 0 Å². The van der Waals surface area contributed by atoms with Crippen LogP contribution in [0.15, 0.2) is 12.1 Å². The van der Waals surface area contributed by atoms with Gasteiger partial charge in [0.25, 0.3) is 0 Å².